The van der Waals surface area contributed by atoms with Crippen molar-refractivity contribution in [1.82, 2.24) is 0 Å². The van der Waals surface area contributed by atoms with Gasteiger partial charge in [-0.05, 0) is 57.8 Å². The van der Waals surface area contributed by atoms with Gasteiger partial charge < -0.3 is 14.6 Å². The highest BCUT2D eigenvalue weighted by atomic mass is 16.6. The average molecular weight is 537 g/mol. The summed E-state index contributed by atoms with van der Waals surface area (Å²) in [5.74, 6) is -0.617. The molecule has 222 valence electrons. The van der Waals surface area contributed by atoms with Gasteiger partial charge in [0.25, 0.3) is 0 Å². The molecule has 0 aliphatic rings. The van der Waals surface area contributed by atoms with Crippen molar-refractivity contribution in [3.8, 4) is 0 Å². The number of unbranched alkanes of at least 4 members (excludes halogenated alkanes) is 16. The molecule has 0 aromatic carbocycles. The lowest BCUT2D eigenvalue weighted by Gasteiger charge is -2.15. The van der Waals surface area contributed by atoms with Crippen LogP contribution < -0.4 is 0 Å². The number of hydrogen-bond acceptors (Lipinski definition) is 5. The van der Waals surface area contributed by atoms with Crippen LogP contribution in [0.5, 0.6) is 0 Å². The molecule has 0 saturated carbocycles. The predicted molar refractivity (Wildman–Crippen MR) is 159 cm³/mol. The third kappa shape index (κ3) is 27.4. The van der Waals surface area contributed by atoms with E-state index in [0.29, 0.717) is 12.8 Å². The van der Waals surface area contributed by atoms with Gasteiger partial charge >= 0.3 is 11.9 Å². The van der Waals surface area contributed by atoms with Crippen LogP contribution in [0.2, 0.25) is 0 Å². The Balaban J connectivity index is 3.60. The monoisotopic (exact) mass is 536 g/mol. The maximum Gasteiger partial charge on any atom is 0.306 e. The molecule has 5 heteroatoms. The van der Waals surface area contributed by atoms with Gasteiger partial charge in [-0.15, -0.1) is 0 Å². The van der Waals surface area contributed by atoms with Gasteiger partial charge in [0, 0.05) is 12.8 Å². The van der Waals surface area contributed by atoms with E-state index >= 15 is 0 Å². The largest absolute Gasteiger partial charge is 0.462 e. The molecule has 0 rings (SSSR count). The second-order valence-electron chi connectivity index (χ2n) is 10.5. The van der Waals surface area contributed by atoms with Crippen molar-refractivity contribution < 1.29 is 24.2 Å². The Labute approximate surface area is 234 Å². The van der Waals surface area contributed by atoms with Gasteiger partial charge in [0.1, 0.15) is 6.61 Å². The lowest BCUT2D eigenvalue weighted by Crippen LogP contribution is -2.28. The Morgan fingerprint density at radius 1 is 0.605 bits per heavy atom. The van der Waals surface area contributed by atoms with Gasteiger partial charge in [-0.1, -0.05) is 109 Å². The number of ether oxygens (including phenoxy) is 2. The number of rotatable bonds is 28. The molecular weight excluding hydrogens is 476 g/mol. The Hall–Kier alpha value is -1.62. The molecule has 0 spiro atoms. The summed E-state index contributed by atoms with van der Waals surface area (Å²) in [5.41, 5.74) is 0. The summed E-state index contributed by atoms with van der Waals surface area (Å²) in [7, 11) is 0. The molecule has 0 bridgehead atoms. The second-order valence-corrected chi connectivity index (χ2v) is 10.5. The Bertz CT molecular complexity index is 584. The van der Waals surface area contributed by atoms with Gasteiger partial charge in [0.2, 0.25) is 0 Å². The topological polar surface area (TPSA) is 72.8 Å². The fraction of sp³-hybridized carbons (Fsp3) is 0.818. The zero-order chi connectivity index (χ0) is 27.9. The quantitative estimate of drug-likeness (QED) is 0.0613. The van der Waals surface area contributed by atoms with E-state index in [-0.39, 0.29) is 25.2 Å². The molecule has 0 heterocycles. The average Bonchev–Trinajstić information content (AvgIpc) is 2.92. The van der Waals surface area contributed by atoms with Crippen LogP contribution in [-0.2, 0) is 19.1 Å². The minimum absolute atomic E-state index is 0.0722. The zero-order valence-corrected chi connectivity index (χ0v) is 24.9. The number of carbonyl (C=O) groups is 2. The van der Waals surface area contributed by atoms with E-state index < -0.39 is 6.10 Å². The minimum Gasteiger partial charge on any atom is -0.462 e. The lowest BCUT2D eigenvalue weighted by atomic mass is 10.1. The van der Waals surface area contributed by atoms with Gasteiger partial charge in [0.15, 0.2) is 6.10 Å². The smallest absolute Gasteiger partial charge is 0.306 e. The summed E-state index contributed by atoms with van der Waals surface area (Å²) in [4.78, 5) is 24.0. The zero-order valence-electron chi connectivity index (χ0n) is 24.9. The fourth-order valence-electron chi connectivity index (χ4n) is 4.31. The van der Waals surface area contributed by atoms with E-state index in [2.05, 4.69) is 38.2 Å². The van der Waals surface area contributed by atoms with Crippen LogP contribution >= 0.6 is 0 Å². The van der Waals surface area contributed by atoms with E-state index in [0.717, 1.165) is 57.8 Å². The van der Waals surface area contributed by atoms with Crippen molar-refractivity contribution in [2.24, 2.45) is 0 Å². The maximum absolute atomic E-state index is 12.1. The fourth-order valence-corrected chi connectivity index (χ4v) is 4.31. The highest BCUT2D eigenvalue weighted by Crippen LogP contribution is 2.12. The van der Waals surface area contributed by atoms with Gasteiger partial charge in [-0.2, -0.15) is 0 Å². The molecule has 0 unspecified atom stereocenters. The molecule has 38 heavy (non-hydrogen) atoms. The molecule has 0 radical (unpaired) electrons. The van der Waals surface area contributed by atoms with Crippen LogP contribution in [-0.4, -0.2) is 36.4 Å². The first-order valence-corrected chi connectivity index (χ1v) is 15.9. The first kappa shape index (κ1) is 36.4. The Kier molecular flexibility index (Phi) is 28.7. The molecule has 1 atom stereocenters. The summed E-state index contributed by atoms with van der Waals surface area (Å²) in [5, 5.41) is 9.46. The van der Waals surface area contributed by atoms with Crippen molar-refractivity contribution in [3.05, 3.63) is 24.3 Å². The Morgan fingerprint density at radius 3 is 1.55 bits per heavy atom. The third-order valence-electron chi connectivity index (χ3n) is 6.73. The van der Waals surface area contributed by atoms with Crippen LogP contribution in [0.15, 0.2) is 24.3 Å². The number of aliphatic hydroxyl groups is 1. The minimum atomic E-state index is -0.772. The van der Waals surface area contributed by atoms with E-state index in [4.69, 9.17) is 9.47 Å². The van der Waals surface area contributed by atoms with Crippen molar-refractivity contribution in [1.29, 1.82) is 0 Å². The second kappa shape index (κ2) is 29.9. The predicted octanol–water partition coefficient (Wildman–Crippen LogP) is 9.17. The number of allylic oxidation sites excluding steroid dienone is 4. The summed E-state index contributed by atoms with van der Waals surface area (Å²) in [6, 6.07) is 0. The van der Waals surface area contributed by atoms with Crippen LogP contribution in [0.25, 0.3) is 0 Å². The first-order chi connectivity index (χ1) is 18.6. The van der Waals surface area contributed by atoms with Crippen molar-refractivity contribution in [2.45, 2.75) is 161 Å². The number of carbonyl (C=O) groups excluding carboxylic acids is 2. The SMILES string of the molecule is CC/C=C/CCCCCCCC(=O)OC[C@H](CO)OC(=O)CCCCCCC/C=C\CCCCCCCC. The number of aliphatic hydroxyl groups excluding tert-OH is 1. The molecule has 1 N–H and O–H groups in total. The normalized spacial score (nSPS) is 12.4. The lowest BCUT2D eigenvalue weighted by molar-refractivity contribution is -0.161. The Morgan fingerprint density at radius 2 is 1.05 bits per heavy atom. The standard InChI is InChI=1S/C33H60O5/c1-3-5-7-9-11-13-14-15-16-17-18-20-22-24-26-28-33(36)38-31(29-34)30-37-32(35)27-25-23-21-19-12-10-8-6-4-2/h6,8,15-16,31,34H,3-5,7,9-14,17-30H2,1-2H3/b8-6+,16-15-/t31-/m0/s1. The van der Waals surface area contributed by atoms with Crippen LogP contribution in [0.1, 0.15) is 155 Å². The highest BCUT2D eigenvalue weighted by Gasteiger charge is 2.16. The van der Waals surface area contributed by atoms with Crippen molar-refractivity contribution >= 4 is 11.9 Å². The molecular formula is C33H60O5. The van der Waals surface area contributed by atoms with E-state index in [1.54, 1.807) is 0 Å². The van der Waals surface area contributed by atoms with Crippen LogP contribution in [0, 0.1) is 0 Å². The summed E-state index contributed by atoms with van der Waals surface area (Å²) < 4.78 is 10.5. The number of esters is 2. The highest BCUT2D eigenvalue weighted by molar-refractivity contribution is 5.70. The molecule has 0 saturated heterocycles. The summed E-state index contributed by atoms with van der Waals surface area (Å²) in [6.45, 7) is 3.99. The van der Waals surface area contributed by atoms with Crippen LogP contribution in [0.3, 0.4) is 0 Å². The van der Waals surface area contributed by atoms with Crippen molar-refractivity contribution in [2.75, 3.05) is 13.2 Å². The molecule has 0 aliphatic heterocycles. The third-order valence-corrected chi connectivity index (χ3v) is 6.73. The van der Waals surface area contributed by atoms with E-state index in [9.17, 15) is 14.7 Å². The molecule has 0 fully saturated rings. The van der Waals surface area contributed by atoms with Crippen molar-refractivity contribution in [3.63, 3.8) is 0 Å². The molecule has 0 aliphatic carbocycles. The summed E-state index contributed by atoms with van der Waals surface area (Å²) >= 11 is 0. The van der Waals surface area contributed by atoms with Gasteiger partial charge in [-0.3, -0.25) is 9.59 Å². The van der Waals surface area contributed by atoms with Gasteiger partial charge in [-0.25, -0.2) is 0 Å². The first-order valence-electron chi connectivity index (χ1n) is 15.9. The molecule has 5 nitrogen and oxygen atoms in total. The van der Waals surface area contributed by atoms with E-state index in [1.807, 2.05) is 0 Å². The molecule has 0 aromatic heterocycles. The van der Waals surface area contributed by atoms with E-state index in [1.165, 1.54) is 70.6 Å². The van der Waals surface area contributed by atoms with Crippen LogP contribution in [0.4, 0.5) is 0 Å². The maximum atomic E-state index is 12.1. The molecule has 0 amide bonds. The summed E-state index contributed by atoms with van der Waals surface area (Å²) in [6.07, 6.45) is 32.3. The molecule has 0 aromatic rings. The number of hydrogen-bond donors (Lipinski definition) is 1. The van der Waals surface area contributed by atoms with Gasteiger partial charge in [0.05, 0.1) is 6.61 Å².